The fourth-order valence-electron chi connectivity index (χ4n) is 3.53. The lowest BCUT2D eigenvalue weighted by Gasteiger charge is -2.27. The van der Waals surface area contributed by atoms with Crippen molar-refractivity contribution in [1.29, 1.82) is 0 Å². The van der Waals surface area contributed by atoms with Crippen LogP contribution in [0.3, 0.4) is 0 Å². The van der Waals surface area contributed by atoms with Crippen LogP contribution in [0.15, 0.2) is 23.1 Å². The maximum absolute atomic E-state index is 13.0. The Morgan fingerprint density at radius 1 is 1.38 bits per heavy atom. The van der Waals surface area contributed by atoms with Crippen LogP contribution >= 0.6 is 11.6 Å². The monoisotopic (exact) mass is 329 g/mol. The van der Waals surface area contributed by atoms with E-state index >= 15 is 0 Å². The Bertz CT molecular complexity index is 632. The van der Waals surface area contributed by atoms with Gasteiger partial charge in [-0.15, -0.1) is 11.6 Å². The summed E-state index contributed by atoms with van der Waals surface area (Å²) in [5.41, 5.74) is 0.743. The van der Waals surface area contributed by atoms with Gasteiger partial charge in [-0.3, -0.25) is 0 Å². The number of alkyl halides is 1. The van der Waals surface area contributed by atoms with Crippen molar-refractivity contribution >= 4 is 21.6 Å². The molecule has 1 saturated heterocycles. The predicted molar refractivity (Wildman–Crippen MR) is 82.4 cm³/mol. The first kappa shape index (κ1) is 15.1. The number of benzene rings is 1. The van der Waals surface area contributed by atoms with Crippen molar-refractivity contribution in [2.75, 3.05) is 19.5 Å². The topological polar surface area (TPSA) is 46.6 Å². The van der Waals surface area contributed by atoms with Gasteiger partial charge in [0.2, 0.25) is 10.0 Å². The fraction of sp³-hybridized carbons (Fsp3) is 0.600. The number of hydrogen-bond acceptors (Lipinski definition) is 3. The number of aryl methyl sites for hydroxylation is 1. The molecule has 1 aliphatic heterocycles. The van der Waals surface area contributed by atoms with E-state index in [9.17, 15) is 8.42 Å². The number of halogens is 1. The Kier molecular flexibility index (Phi) is 4.17. The lowest BCUT2D eigenvalue weighted by atomic mass is 10.1. The van der Waals surface area contributed by atoms with Crippen molar-refractivity contribution in [2.45, 2.75) is 36.6 Å². The molecule has 1 saturated carbocycles. The molecule has 0 spiro atoms. The molecule has 1 aromatic rings. The second kappa shape index (κ2) is 5.78. The van der Waals surface area contributed by atoms with E-state index in [1.54, 1.807) is 29.6 Å². The highest BCUT2D eigenvalue weighted by Gasteiger charge is 2.44. The van der Waals surface area contributed by atoms with Gasteiger partial charge in [0, 0.05) is 18.5 Å². The van der Waals surface area contributed by atoms with E-state index in [0.717, 1.165) is 24.8 Å². The first-order valence-electron chi connectivity index (χ1n) is 7.31. The predicted octanol–water partition coefficient (Wildman–Crippen LogP) is 2.65. The molecule has 2 atom stereocenters. The molecule has 0 aromatic heterocycles. The van der Waals surface area contributed by atoms with E-state index in [1.165, 1.54) is 0 Å². The van der Waals surface area contributed by atoms with E-state index in [1.807, 2.05) is 0 Å². The minimum atomic E-state index is -3.43. The van der Waals surface area contributed by atoms with Crippen LogP contribution in [0.25, 0.3) is 0 Å². The van der Waals surface area contributed by atoms with Crippen LogP contribution in [-0.4, -0.2) is 38.3 Å². The average molecular weight is 330 g/mol. The van der Waals surface area contributed by atoms with Gasteiger partial charge in [-0.25, -0.2) is 8.42 Å². The first-order valence-corrected chi connectivity index (χ1v) is 9.28. The molecule has 4 nitrogen and oxygen atoms in total. The number of methoxy groups -OCH3 is 1. The van der Waals surface area contributed by atoms with Gasteiger partial charge < -0.3 is 4.74 Å². The van der Waals surface area contributed by atoms with E-state index in [2.05, 4.69) is 0 Å². The normalized spacial score (nSPS) is 25.4. The molecule has 3 rings (SSSR count). The fourth-order valence-corrected chi connectivity index (χ4v) is 5.71. The average Bonchev–Trinajstić information content (AvgIpc) is 3.10. The lowest BCUT2D eigenvalue weighted by molar-refractivity contribution is 0.333. The summed E-state index contributed by atoms with van der Waals surface area (Å²) in [7, 11) is -1.85. The molecule has 0 radical (unpaired) electrons. The van der Waals surface area contributed by atoms with Crippen LogP contribution in [0.2, 0.25) is 0 Å². The minimum Gasteiger partial charge on any atom is -0.497 e. The maximum Gasteiger partial charge on any atom is 0.243 e. The number of ether oxygens (including phenoxy) is 1. The van der Waals surface area contributed by atoms with Crippen molar-refractivity contribution in [1.82, 2.24) is 4.31 Å². The van der Waals surface area contributed by atoms with Gasteiger partial charge in [-0.1, -0.05) is 0 Å². The minimum absolute atomic E-state index is 0.186. The quantitative estimate of drug-likeness (QED) is 0.780. The van der Waals surface area contributed by atoms with Gasteiger partial charge in [0.1, 0.15) is 5.75 Å². The first-order chi connectivity index (χ1) is 10.1. The Labute approximate surface area is 131 Å². The van der Waals surface area contributed by atoms with Gasteiger partial charge >= 0.3 is 0 Å². The number of sulfonamides is 1. The van der Waals surface area contributed by atoms with Gasteiger partial charge in [0.15, 0.2) is 0 Å². The summed E-state index contributed by atoms with van der Waals surface area (Å²) in [6.07, 6.45) is 3.69. The smallest absolute Gasteiger partial charge is 0.243 e. The van der Waals surface area contributed by atoms with Crippen LogP contribution < -0.4 is 4.74 Å². The maximum atomic E-state index is 13.0. The van der Waals surface area contributed by atoms with Crippen LogP contribution in [-0.2, 0) is 16.4 Å². The highest BCUT2D eigenvalue weighted by Crippen LogP contribution is 2.41. The third kappa shape index (κ3) is 2.67. The zero-order valence-electron chi connectivity index (χ0n) is 12.1. The standard InChI is InChI=1S/C15H20ClNO3S/c1-20-14-4-5-15(12(9-14)6-7-16)21(18,19)17-10-11-2-3-13(17)8-11/h4-5,9,11,13H,2-3,6-8,10H2,1H3. The van der Waals surface area contributed by atoms with Crippen LogP contribution in [0.4, 0.5) is 0 Å². The third-order valence-corrected chi connectivity index (χ3v) is 6.78. The Balaban J connectivity index is 1.98. The molecule has 21 heavy (non-hydrogen) atoms. The molecule has 1 aliphatic carbocycles. The molecule has 2 bridgehead atoms. The van der Waals surface area contributed by atoms with Crippen molar-refractivity contribution in [3.05, 3.63) is 23.8 Å². The molecule has 2 unspecified atom stereocenters. The van der Waals surface area contributed by atoms with E-state index < -0.39 is 10.0 Å². The highest BCUT2D eigenvalue weighted by molar-refractivity contribution is 7.89. The zero-order valence-corrected chi connectivity index (χ0v) is 13.7. The molecule has 2 aliphatic rings. The molecule has 1 heterocycles. The van der Waals surface area contributed by atoms with Crippen LogP contribution in [0.1, 0.15) is 24.8 Å². The van der Waals surface area contributed by atoms with E-state index in [4.69, 9.17) is 16.3 Å². The van der Waals surface area contributed by atoms with Crippen molar-refractivity contribution < 1.29 is 13.2 Å². The highest BCUT2D eigenvalue weighted by atomic mass is 35.5. The Morgan fingerprint density at radius 3 is 2.76 bits per heavy atom. The molecule has 1 aromatic carbocycles. The number of nitrogens with zero attached hydrogens (tertiary/aromatic N) is 1. The Hall–Kier alpha value is -0.780. The zero-order chi connectivity index (χ0) is 15.0. The summed E-state index contributed by atoms with van der Waals surface area (Å²) in [6, 6.07) is 5.33. The third-order valence-electron chi connectivity index (χ3n) is 4.58. The number of fused-ring (bicyclic) bond motifs is 2. The molecular formula is C15H20ClNO3S. The van der Waals surface area contributed by atoms with Crippen LogP contribution in [0.5, 0.6) is 5.75 Å². The summed E-state index contributed by atoms with van der Waals surface area (Å²) in [4.78, 5) is 0.386. The van der Waals surface area contributed by atoms with E-state index in [0.29, 0.717) is 35.4 Å². The van der Waals surface area contributed by atoms with Gasteiger partial charge in [-0.2, -0.15) is 4.31 Å². The number of piperidine rings is 1. The van der Waals surface area contributed by atoms with Gasteiger partial charge in [0.05, 0.1) is 12.0 Å². The molecule has 2 fully saturated rings. The largest absolute Gasteiger partial charge is 0.497 e. The summed E-state index contributed by atoms with van der Waals surface area (Å²) < 4.78 is 32.8. The molecule has 116 valence electrons. The van der Waals surface area contributed by atoms with Crippen molar-refractivity contribution in [2.24, 2.45) is 5.92 Å². The van der Waals surface area contributed by atoms with Gasteiger partial charge in [-0.05, 0) is 55.4 Å². The summed E-state index contributed by atoms with van der Waals surface area (Å²) >= 11 is 5.83. The summed E-state index contributed by atoms with van der Waals surface area (Å²) in [6.45, 7) is 0.666. The summed E-state index contributed by atoms with van der Waals surface area (Å²) in [5, 5.41) is 0. The number of hydrogen-bond donors (Lipinski definition) is 0. The van der Waals surface area contributed by atoms with E-state index in [-0.39, 0.29) is 6.04 Å². The molecule has 0 N–H and O–H groups in total. The van der Waals surface area contributed by atoms with Crippen molar-refractivity contribution in [3.63, 3.8) is 0 Å². The molecular weight excluding hydrogens is 310 g/mol. The summed E-state index contributed by atoms with van der Waals surface area (Å²) in [5.74, 6) is 1.60. The SMILES string of the molecule is COc1ccc(S(=O)(=O)N2CC3CCC2C3)c(CCCl)c1. The second-order valence-corrected chi connectivity index (χ2v) is 8.06. The Morgan fingerprint density at radius 2 is 2.19 bits per heavy atom. The van der Waals surface area contributed by atoms with Crippen LogP contribution in [0, 0.1) is 5.92 Å². The molecule has 6 heteroatoms. The number of rotatable bonds is 5. The van der Waals surface area contributed by atoms with Crippen molar-refractivity contribution in [3.8, 4) is 5.75 Å². The molecule has 0 amide bonds. The lowest BCUT2D eigenvalue weighted by Crippen LogP contribution is -2.38. The van der Waals surface area contributed by atoms with Gasteiger partial charge in [0.25, 0.3) is 0 Å². The second-order valence-electron chi connectivity index (χ2n) is 5.82.